The number of anilines is 3. The lowest BCUT2D eigenvalue weighted by Crippen LogP contribution is -2.11. The van der Waals surface area contributed by atoms with Gasteiger partial charge >= 0.3 is 0 Å². The van der Waals surface area contributed by atoms with E-state index in [1.165, 1.54) is 43.8 Å². The Kier molecular flexibility index (Phi) is 7.18. The Bertz CT molecular complexity index is 2890. The van der Waals surface area contributed by atoms with Gasteiger partial charge in [-0.05, 0) is 80.4 Å². The van der Waals surface area contributed by atoms with Gasteiger partial charge in [-0.15, -0.1) is 0 Å². The molecule has 0 aliphatic heterocycles. The third-order valence-electron chi connectivity index (χ3n) is 10.3. The van der Waals surface area contributed by atoms with Crippen molar-refractivity contribution in [2.24, 2.45) is 0 Å². The zero-order valence-electron chi connectivity index (χ0n) is 28.4. The van der Waals surface area contributed by atoms with Gasteiger partial charge in [0.15, 0.2) is 0 Å². The molecule has 0 unspecified atom stereocenters. The van der Waals surface area contributed by atoms with E-state index < -0.39 is 0 Å². The molecule has 0 fully saturated rings. The average molecular weight is 664 g/mol. The quantitative estimate of drug-likeness (QED) is 0.165. The average Bonchev–Trinajstić information content (AvgIpc) is 3.62. The summed E-state index contributed by atoms with van der Waals surface area (Å²) < 4.78 is 6.79. The molecule has 244 valence electrons. The molecular weight excluding hydrogens is 631 g/mol. The highest BCUT2D eigenvalue weighted by atomic mass is 16.3. The lowest BCUT2D eigenvalue weighted by molar-refractivity contribution is 0.670. The first-order valence-corrected chi connectivity index (χ1v) is 17.8. The third kappa shape index (κ3) is 4.96. The van der Waals surface area contributed by atoms with E-state index in [2.05, 4.69) is 205 Å². The second-order valence-electron chi connectivity index (χ2n) is 13.3. The lowest BCUT2D eigenvalue weighted by Gasteiger charge is -2.29. The molecule has 0 bridgehead atoms. The van der Waals surface area contributed by atoms with Gasteiger partial charge in [-0.3, -0.25) is 0 Å². The van der Waals surface area contributed by atoms with Crippen LogP contribution in [0.5, 0.6) is 0 Å². The Hall–Kier alpha value is -6.90. The fourth-order valence-electron chi connectivity index (χ4n) is 7.87. The molecule has 0 aliphatic rings. The smallest absolute Gasteiger partial charge is 0.145 e. The zero-order valence-corrected chi connectivity index (χ0v) is 28.4. The van der Waals surface area contributed by atoms with Gasteiger partial charge in [0.2, 0.25) is 0 Å². The lowest BCUT2D eigenvalue weighted by atomic mass is 9.93. The van der Waals surface area contributed by atoms with Crippen molar-refractivity contribution in [1.29, 1.82) is 0 Å². The van der Waals surface area contributed by atoms with Crippen LogP contribution in [0.2, 0.25) is 0 Å². The van der Waals surface area contributed by atoms with Crippen LogP contribution in [0.4, 0.5) is 17.1 Å². The molecule has 1 aromatic heterocycles. The largest absolute Gasteiger partial charge is 0.455 e. The summed E-state index contributed by atoms with van der Waals surface area (Å²) in [5.41, 5.74) is 11.9. The summed E-state index contributed by atoms with van der Waals surface area (Å²) in [6.45, 7) is 0. The maximum atomic E-state index is 6.79. The topological polar surface area (TPSA) is 16.4 Å². The van der Waals surface area contributed by atoms with Gasteiger partial charge in [0.25, 0.3) is 0 Å². The summed E-state index contributed by atoms with van der Waals surface area (Å²) in [7, 11) is 0. The van der Waals surface area contributed by atoms with E-state index in [1.54, 1.807) is 0 Å². The number of hydrogen-bond donors (Lipinski definition) is 0. The zero-order chi connectivity index (χ0) is 34.4. The number of rotatable bonds is 6. The molecule has 1 heterocycles. The molecule has 0 saturated heterocycles. The minimum Gasteiger partial charge on any atom is -0.455 e. The highest BCUT2D eigenvalue weighted by Gasteiger charge is 2.24. The van der Waals surface area contributed by atoms with Crippen molar-refractivity contribution < 1.29 is 4.42 Å². The molecular formula is C50H33NO. The van der Waals surface area contributed by atoms with Gasteiger partial charge in [0.1, 0.15) is 11.2 Å². The number of benzene rings is 9. The van der Waals surface area contributed by atoms with Crippen molar-refractivity contribution in [3.05, 3.63) is 200 Å². The monoisotopic (exact) mass is 663 g/mol. The predicted molar refractivity (Wildman–Crippen MR) is 220 cm³/mol. The molecule has 0 saturated carbocycles. The molecule has 0 spiro atoms. The van der Waals surface area contributed by atoms with Crippen LogP contribution in [-0.4, -0.2) is 0 Å². The number of hydrogen-bond acceptors (Lipinski definition) is 2. The van der Waals surface area contributed by atoms with Crippen molar-refractivity contribution >= 4 is 60.5 Å². The summed E-state index contributed by atoms with van der Waals surface area (Å²) in [6, 6.07) is 71.6. The van der Waals surface area contributed by atoms with E-state index in [-0.39, 0.29) is 0 Å². The van der Waals surface area contributed by atoms with Crippen LogP contribution in [0.25, 0.3) is 76.9 Å². The van der Waals surface area contributed by atoms with Gasteiger partial charge in [-0.1, -0.05) is 164 Å². The SMILES string of the molecule is c1ccc(-c2ccc(N(c3cccc4c3ccc3ccccc34)c3ccc(-c4ccccc4)c4oc5ccccc5c34)cc2-c2ccccc2)cc1. The van der Waals surface area contributed by atoms with Crippen LogP contribution >= 0.6 is 0 Å². The van der Waals surface area contributed by atoms with Crippen molar-refractivity contribution in [3.8, 4) is 33.4 Å². The highest BCUT2D eigenvalue weighted by molar-refractivity contribution is 6.19. The molecule has 2 nitrogen and oxygen atoms in total. The Morgan fingerprint density at radius 1 is 0.346 bits per heavy atom. The first-order valence-electron chi connectivity index (χ1n) is 17.8. The summed E-state index contributed by atoms with van der Waals surface area (Å²) >= 11 is 0. The van der Waals surface area contributed by atoms with Crippen LogP contribution in [0, 0.1) is 0 Å². The van der Waals surface area contributed by atoms with Gasteiger partial charge in [-0.25, -0.2) is 0 Å². The molecule has 0 aliphatic carbocycles. The maximum absolute atomic E-state index is 6.79. The van der Waals surface area contributed by atoms with E-state index in [1.807, 2.05) is 0 Å². The third-order valence-corrected chi connectivity index (χ3v) is 10.3. The molecule has 0 radical (unpaired) electrons. The van der Waals surface area contributed by atoms with Crippen LogP contribution in [0.1, 0.15) is 0 Å². The summed E-state index contributed by atoms with van der Waals surface area (Å²) in [6.07, 6.45) is 0. The molecule has 9 aromatic carbocycles. The molecule has 0 amide bonds. The summed E-state index contributed by atoms with van der Waals surface area (Å²) in [5.74, 6) is 0. The van der Waals surface area contributed by atoms with E-state index in [0.29, 0.717) is 0 Å². The first-order chi connectivity index (χ1) is 25.8. The fraction of sp³-hybridized carbons (Fsp3) is 0. The first kappa shape index (κ1) is 30.0. The van der Waals surface area contributed by atoms with E-state index in [0.717, 1.165) is 50.1 Å². The highest BCUT2D eigenvalue weighted by Crippen LogP contribution is 2.49. The Labute approximate surface area is 302 Å². The van der Waals surface area contributed by atoms with Crippen molar-refractivity contribution in [3.63, 3.8) is 0 Å². The summed E-state index contributed by atoms with van der Waals surface area (Å²) in [4.78, 5) is 2.44. The Morgan fingerprint density at radius 2 is 0.942 bits per heavy atom. The van der Waals surface area contributed by atoms with Gasteiger partial charge < -0.3 is 9.32 Å². The standard InChI is InChI=1S/C50H33NO/c1-4-15-34(16-5-1)40-30-28-38(33-45(40)36-19-8-3-9-20-36)51(46-25-14-24-42-39-22-11-10-21-37(39)27-29-43(42)46)47-32-31-41(35-17-6-2-7-18-35)50-49(47)44-23-12-13-26-48(44)52-50/h1-33H. The Balaban J connectivity index is 1.31. The number of nitrogens with zero attached hydrogens (tertiary/aromatic N) is 1. The van der Waals surface area contributed by atoms with E-state index in [9.17, 15) is 0 Å². The molecule has 10 rings (SSSR count). The molecule has 2 heteroatoms. The van der Waals surface area contributed by atoms with Crippen LogP contribution in [-0.2, 0) is 0 Å². The van der Waals surface area contributed by atoms with Gasteiger partial charge in [-0.2, -0.15) is 0 Å². The number of furan rings is 1. The normalized spacial score (nSPS) is 11.5. The van der Waals surface area contributed by atoms with E-state index in [4.69, 9.17) is 4.42 Å². The molecule has 0 atom stereocenters. The molecule has 0 N–H and O–H groups in total. The summed E-state index contributed by atoms with van der Waals surface area (Å²) in [5, 5.41) is 7.05. The maximum Gasteiger partial charge on any atom is 0.145 e. The second-order valence-corrected chi connectivity index (χ2v) is 13.3. The van der Waals surface area contributed by atoms with Crippen LogP contribution in [0.15, 0.2) is 205 Å². The van der Waals surface area contributed by atoms with Crippen molar-refractivity contribution in [2.45, 2.75) is 0 Å². The minimum atomic E-state index is 0.871. The fourth-order valence-corrected chi connectivity index (χ4v) is 7.87. The van der Waals surface area contributed by atoms with Gasteiger partial charge in [0, 0.05) is 22.0 Å². The number of fused-ring (bicyclic) bond motifs is 6. The predicted octanol–water partition coefficient (Wildman–Crippen LogP) is 14.4. The Morgan fingerprint density at radius 3 is 1.69 bits per heavy atom. The van der Waals surface area contributed by atoms with Crippen LogP contribution < -0.4 is 4.90 Å². The number of para-hydroxylation sites is 1. The minimum absolute atomic E-state index is 0.871. The van der Waals surface area contributed by atoms with Crippen LogP contribution in [0.3, 0.4) is 0 Å². The van der Waals surface area contributed by atoms with Gasteiger partial charge in [0.05, 0.1) is 16.8 Å². The van der Waals surface area contributed by atoms with Crippen molar-refractivity contribution in [1.82, 2.24) is 0 Å². The van der Waals surface area contributed by atoms with E-state index >= 15 is 0 Å². The molecule has 52 heavy (non-hydrogen) atoms. The second kappa shape index (κ2) is 12.5. The molecule has 10 aromatic rings. The van der Waals surface area contributed by atoms with Crippen molar-refractivity contribution in [2.75, 3.05) is 4.90 Å².